The normalized spacial score (nSPS) is 17.7. The number of nitrogens with one attached hydrogen (secondary N) is 1. The summed E-state index contributed by atoms with van der Waals surface area (Å²) in [6.07, 6.45) is 4.66. The maximum Gasteiger partial charge on any atom is 0.0351 e. The highest BCUT2D eigenvalue weighted by Gasteiger charge is 2.31. The molecule has 1 heteroatoms. The van der Waals surface area contributed by atoms with Gasteiger partial charge in [0, 0.05) is 12.6 Å². The molecule has 0 amide bonds. The molecule has 14 heavy (non-hydrogen) atoms. The molecule has 1 aliphatic rings. The van der Waals surface area contributed by atoms with E-state index in [1.54, 1.807) is 0 Å². The minimum Gasteiger partial charge on any atom is -0.306 e. The molecule has 1 saturated carbocycles. The Morgan fingerprint density at radius 1 is 1.36 bits per heavy atom. The van der Waals surface area contributed by atoms with Crippen LogP contribution in [-0.4, -0.2) is 6.54 Å². The largest absolute Gasteiger partial charge is 0.306 e. The van der Waals surface area contributed by atoms with Crippen molar-refractivity contribution in [2.45, 2.75) is 18.9 Å². The molecule has 0 heterocycles. The van der Waals surface area contributed by atoms with Crippen LogP contribution in [0.25, 0.3) is 0 Å². The van der Waals surface area contributed by atoms with Gasteiger partial charge in [-0.15, -0.1) is 6.58 Å². The van der Waals surface area contributed by atoms with Crippen LogP contribution in [0.3, 0.4) is 0 Å². The first-order valence-corrected chi connectivity index (χ1v) is 5.31. The van der Waals surface area contributed by atoms with Crippen molar-refractivity contribution >= 4 is 0 Å². The van der Waals surface area contributed by atoms with Crippen LogP contribution in [0, 0.1) is 5.92 Å². The molecule has 2 rings (SSSR count). The van der Waals surface area contributed by atoms with Crippen LogP contribution in [0.4, 0.5) is 0 Å². The van der Waals surface area contributed by atoms with Crippen molar-refractivity contribution in [2.75, 3.05) is 6.54 Å². The van der Waals surface area contributed by atoms with Gasteiger partial charge in [0.2, 0.25) is 0 Å². The predicted molar refractivity (Wildman–Crippen MR) is 60.1 cm³/mol. The van der Waals surface area contributed by atoms with Gasteiger partial charge in [-0.05, 0) is 24.3 Å². The van der Waals surface area contributed by atoms with E-state index >= 15 is 0 Å². The van der Waals surface area contributed by atoms with Gasteiger partial charge in [0.25, 0.3) is 0 Å². The second-order valence-corrected chi connectivity index (χ2v) is 3.92. The Bertz CT molecular complexity index is 287. The first-order valence-electron chi connectivity index (χ1n) is 5.31. The summed E-state index contributed by atoms with van der Waals surface area (Å²) < 4.78 is 0. The van der Waals surface area contributed by atoms with Crippen LogP contribution < -0.4 is 5.32 Å². The van der Waals surface area contributed by atoms with E-state index in [2.05, 4.69) is 42.2 Å². The number of benzene rings is 1. The molecule has 0 aromatic heterocycles. The van der Waals surface area contributed by atoms with Crippen LogP contribution in [0.5, 0.6) is 0 Å². The maximum absolute atomic E-state index is 3.74. The summed E-state index contributed by atoms with van der Waals surface area (Å²) in [7, 11) is 0. The smallest absolute Gasteiger partial charge is 0.0351 e. The standard InChI is InChI=1S/C13H17N/c1-2-10-14-13(12-8-9-12)11-6-4-3-5-7-11/h2-7,12-14H,1,8-10H2. The van der Waals surface area contributed by atoms with Gasteiger partial charge < -0.3 is 5.32 Å². The molecule has 1 N–H and O–H groups in total. The van der Waals surface area contributed by atoms with Gasteiger partial charge in [0.1, 0.15) is 0 Å². The summed E-state index contributed by atoms with van der Waals surface area (Å²) in [6.45, 7) is 4.64. The zero-order chi connectivity index (χ0) is 9.80. The SMILES string of the molecule is C=CCNC(c1ccccc1)C1CC1. The van der Waals surface area contributed by atoms with E-state index in [4.69, 9.17) is 0 Å². The number of hydrogen-bond acceptors (Lipinski definition) is 1. The highest BCUT2D eigenvalue weighted by atomic mass is 14.9. The molecule has 0 spiro atoms. The van der Waals surface area contributed by atoms with E-state index in [1.807, 2.05) is 6.08 Å². The molecule has 1 aliphatic carbocycles. The van der Waals surface area contributed by atoms with Gasteiger partial charge in [-0.2, -0.15) is 0 Å². The third kappa shape index (κ3) is 2.24. The predicted octanol–water partition coefficient (Wildman–Crippen LogP) is 2.91. The Hall–Kier alpha value is -1.08. The minimum atomic E-state index is 0.536. The average Bonchev–Trinajstić information content (AvgIpc) is 3.04. The summed E-state index contributed by atoms with van der Waals surface area (Å²) in [6, 6.07) is 11.2. The highest BCUT2D eigenvalue weighted by molar-refractivity contribution is 5.21. The third-order valence-corrected chi connectivity index (χ3v) is 2.73. The molecule has 1 aromatic rings. The molecule has 0 bridgehead atoms. The highest BCUT2D eigenvalue weighted by Crippen LogP contribution is 2.40. The third-order valence-electron chi connectivity index (χ3n) is 2.73. The summed E-state index contributed by atoms with van der Waals surface area (Å²) in [5.74, 6) is 0.845. The zero-order valence-electron chi connectivity index (χ0n) is 8.45. The number of hydrogen-bond donors (Lipinski definition) is 1. The summed E-state index contributed by atoms with van der Waals surface area (Å²) in [5, 5.41) is 3.53. The van der Waals surface area contributed by atoms with Crippen LogP contribution in [-0.2, 0) is 0 Å². The van der Waals surface area contributed by atoms with E-state index in [-0.39, 0.29) is 0 Å². The first kappa shape index (κ1) is 9.47. The van der Waals surface area contributed by atoms with Crippen molar-refractivity contribution in [3.63, 3.8) is 0 Å². The Morgan fingerprint density at radius 3 is 2.64 bits per heavy atom. The van der Waals surface area contributed by atoms with E-state index in [1.165, 1.54) is 18.4 Å². The molecule has 0 saturated heterocycles. The molecular formula is C13H17N. The van der Waals surface area contributed by atoms with E-state index < -0.39 is 0 Å². The van der Waals surface area contributed by atoms with Crippen LogP contribution >= 0.6 is 0 Å². The Balaban J connectivity index is 2.06. The monoisotopic (exact) mass is 187 g/mol. The van der Waals surface area contributed by atoms with Gasteiger partial charge in [-0.3, -0.25) is 0 Å². The lowest BCUT2D eigenvalue weighted by Gasteiger charge is -2.17. The molecule has 0 radical (unpaired) electrons. The zero-order valence-corrected chi connectivity index (χ0v) is 8.45. The Kier molecular flexibility index (Phi) is 3.00. The van der Waals surface area contributed by atoms with Crippen molar-refractivity contribution in [1.29, 1.82) is 0 Å². The van der Waals surface area contributed by atoms with E-state index in [0.717, 1.165) is 12.5 Å². The molecular weight excluding hydrogens is 170 g/mol. The summed E-state index contributed by atoms with van der Waals surface area (Å²) in [5.41, 5.74) is 1.41. The van der Waals surface area contributed by atoms with Crippen LogP contribution in [0.15, 0.2) is 43.0 Å². The summed E-state index contributed by atoms with van der Waals surface area (Å²) >= 11 is 0. The first-order chi connectivity index (χ1) is 6.92. The second kappa shape index (κ2) is 4.43. The lowest BCUT2D eigenvalue weighted by Crippen LogP contribution is -2.22. The van der Waals surface area contributed by atoms with Crippen LogP contribution in [0.2, 0.25) is 0 Å². The molecule has 1 nitrogen and oxygen atoms in total. The second-order valence-electron chi connectivity index (χ2n) is 3.92. The number of rotatable bonds is 5. The van der Waals surface area contributed by atoms with Crippen molar-refractivity contribution < 1.29 is 0 Å². The topological polar surface area (TPSA) is 12.0 Å². The van der Waals surface area contributed by atoms with Gasteiger partial charge in [0.05, 0.1) is 0 Å². The van der Waals surface area contributed by atoms with Gasteiger partial charge in [0.15, 0.2) is 0 Å². The summed E-state index contributed by atoms with van der Waals surface area (Å²) in [4.78, 5) is 0. The van der Waals surface area contributed by atoms with E-state index in [9.17, 15) is 0 Å². The van der Waals surface area contributed by atoms with Crippen molar-refractivity contribution in [1.82, 2.24) is 5.32 Å². The fourth-order valence-electron chi connectivity index (χ4n) is 1.86. The quantitative estimate of drug-likeness (QED) is 0.699. The Morgan fingerprint density at radius 2 is 2.07 bits per heavy atom. The lowest BCUT2D eigenvalue weighted by molar-refractivity contribution is 0.508. The minimum absolute atomic E-state index is 0.536. The van der Waals surface area contributed by atoms with E-state index in [0.29, 0.717) is 6.04 Å². The van der Waals surface area contributed by atoms with Crippen molar-refractivity contribution in [3.05, 3.63) is 48.6 Å². The molecule has 1 unspecified atom stereocenters. The molecule has 0 aliphatic heterocycles. The lowest BCUT2D eigenvalue weighted by atomic mass is 10.0. The molecule has 74 valence electrons. The Labute approximate surface area is 85.8 Å². The average molecular weight is 187 g/mol. The fraction of sp³-hybridized carbons (Fsp3) is 0.385. The maximum atomic E-state index is 3.74. The van der Waals surface area contributed by atoms with Crippen molar-refractivity contribution in [2.24, 2.45) is 5.92 Å². The molecule has 1 aromatic carbocycles. The fourth-order valence-corrected chi connectivity index (χ4v) is 1.86. The van der Waals surface area contributed by atoms with Gasteiger partial charge in [-0.25, -0.2) is 0 Å². The van der Waals surface area contributed by atoms with Crippen LogP contribution in [0.1, 0.15) is 24.4 Å². The van der Waals surface area contributed by atoms with Crippen molar-refractivity contribution in [3.8, 4) is 0 Å². The molecule has 1 fully saturated rings. The van der Waals surface area contributed by atoms with Gasteiger partial charge in [-0.1, -0.05) is 36.4 Å². The van der Waals surface area contributed by atoms with Gasteiger partial charge >= 0.3 is 0 Å². The molecule has 1 atom stereocenters.